The standard InChI is InChI=1S/C19H34N4O6/c1-18(2,3)29-17(26)23(14-6-8-21(15(14)24)10-12-27-4)19(20)7-9-22(16(19)25)11-13-28-5/h14H,6-13,20H2,1-5H3/t14-,19-/m0/s1. The summed E-state index contributed by atoms with van der Waals surface area (Å²) >= 11 is 0. The fraction of sp³-hybridized carbons (Fsp3) is 0.842. The predicted molar refractivity (Wildman–Crippen MR) is 105 cm³/mol. The summed E-state index contributed by atoms with van der Waals surface area (Å²) in [6.07, 6.45) is -0.156. The van der Waals surface area contributed by atoms with Crippen molar-refractivity contribution < 1.29 is 28.6 Å². The highest BCUT2D eigenvalue weighted by Gasteiger charge is 2.56. The van der Waals surface area contributed by atoms with E-state index in [0.29, 0.717) is 45.8 Å². The van der Waals surface area contributed by atoms with Gasteiger partial charge in [-0.15, -0.1) is 0 Å². The molecule has 2 aliphatic rings. The first-order valence-electron chi connectivity index (χ1n) is 9.92. The van der Waals surface area contributed by atoms with Gasteiger partial charge in [0.1, 0.15) is 11.6 Å². The van der Waals surface area contributed by atoms with Crippen LogP contribution in [0.5, 0.6) is 0 Å². The normalized spacial score (nSPS) is 25.1. The molecule has 0 aromatic carbocycles. The maximum absolute atomic E-state index is 13.1. The first-order valence-corrected chi connectivity index (χ1v) is 9.92. The number of likely N-dealkylation sites (tertiary alicyclic amines) is 2. The van der Waals surface area contributed by atoms with Gasteiger partial charge in [-0.1, -0.05) is 0 Å². The van der Waals surface area contributed by atoms with Gasteiger partial charge in [-0.05, 0) is 27.2 Å². The van der Waals surface area contributed by atoms with Gasteiger partial charge in [-0.25, -0.2) is 4.79 Å². The minimum absolute atomic E-state index is 0.219. The molecule has 0 spiro atoms. The van der Waals surface area contributed by atoms with Crippen LogP contribution in [0.1, 0.15) is 33.6 Å². The van der Waals surface area contributed by atoms with E-state index in [4.69, 9.17) is 19.9 Å². The van der Waals surface area contributed by atoms with Gasteiger partial charge in [0.25, 0.3) is 5.91 Å². The highest BCUT2D eigenvalue weighted by Crippen LogP contribution is 2.32. The van der Waals surface area contributed by atoms with Gasteiger partial charge in [-0.2, -0.15) is 0 Å². The monoisotopic (exact) mass is 414 g/mol. The Morgan fingerprint density at radius 3 is 2.28 bits per heavy atom. The summed E-state index contributed by atoms with van der Waals surface area (Å²) in [4.78, 5) is 43.6. The Morgan fingerprint density at radius 2 is 1.72 bits per heavy atom. The Labute approximate surface area is 172 Å². The van der Waals surface area contributed by atoms with Crippen LogP contribution in [0.4, 0.5) is 4.79 Å². The minimum atomic E-state index is -1.63. The smallest absolute Gasteiger partial charge is 0.412 e. The lowest BCUT2D eigenvalue weighted by Crippen LogP contribution is -2.67. The molecule has 2 N–H and O–H groups in total. The molecular weight excluding hydrogens is 380 g/mol. The largest absolute Gasteiger partial charge is 0.444 e. The van der Waals surface area contributed by atoms with Crippen LogP contribution in [-0.2, 0) is 23.8 Å². The van der Waals surface area contributed by atoms with Crippen LogP contribution in [0, 0.1) is 0 Å². The molecule has 0 aromatic rings. The van der Waals surface area contributed by atoms with E-state index in [1.54, 1.807) is 44.8 Å². The van der Waals surface area contributed by atoms with E-state index in [9.17, 15) is 14.4 Å². The highest BCUT2D eigenvalue weighted by atomic mass is 16.6. The number of amides is 3. The maximum Gasteiger partial charge on any atom is 0.412 e. The number of nitrogens with zero attached hydrogens (tertiary/aromatic N) is 3. The van der Waals surface area contributed by atoms with Gasteiger partial charge in [-0.3, -0.25) is 14.5 Å². The van der Waals surface area contributed by atoms with E-state index >= 15 is 0 Å². The lowest BCUT2D eigenvalue weighted by atomic mass is 10.0. The summed E-state index contributed by atoms with van der Waals surface area (Å²) in [5.74, 6) is -0.649. The highest BCUT2D eigenvalue weighted by molar-refractivity contribution is 5.95. The third-order valence-electron chi connectivity index (χ3n) is 5.15. The first kappa shape index (κ1) is 23.4. The predicted octanol–water partition coefficient (Wildman–Crippen LogP) is 0.00450. The van der Waals surface area contributed by atoms with Crippen molar-refractivity contribution in [1.29, 1.82) is 0 Å². The van der Waals surface area contributed by atoms with E-state index < -0.39 is 29.3 Å². The molecule has 3 amide bonds. The molecule has 2 aliphatic heterocycles. The van der Waals surface area contributed by atoms with E-state index in [1.807, 2.05) is 0 Å². The summed E-state index contributed by atoms with van der Waals surface area (Å²) < 4.78 is 15.6. The van der Waals surface area contributed by atoms with Crippen LogP contribution >= 0.6 is 0 Å². The van der Waals surface area contributed by atoms with E-state index in [-0.39, 0.29) is 12.3 Å². The van der Waals surface area contributed by atoms with E-state index in [0.717, 1.165) is 0 Å². The zero-order valence-electron chi connectivity index (χ0n) is 18.1. The molecule has 10 nitrogen and oxygen atoms in total. The van der Waals surface area contributed by atoms with Gasteiger partial charge in [0.15, 0.2) is 5.66 Å². The second-order valence-electron chi connectivity index (χ2n) is 8.43. The number of nitrogens with two attached hydrogens (primary N) is 1. The number of rotatable bonds is 8. The third-order valence-corrected chi connectivity index (χ3v) is 5.15. The average molecular weight is 415 g/mol. The number of methoxy groups -OCH3 is 2. The summed E-state index contributed by atoms with van der Waals surface area (Å²) in [5, 5.41) is 0. The zero-order valence-corrected chi connectivity index (χ0v) is 18.1. The van der Waals surface area contributed by atoms with Crippen molar-refractivity contribution in [3.05, 3.63) is 0 Å². The molecule has 2 heterocycles. The number of hydrogen-bond acceptors (Lipinski definition) is 7. The molecular formula is C19H34N4O6. The van der Waals surface area contributed by atoms with Gasteiger partial charge >= 0.3 is 6.09 Å². The number of hydrogen-bond donors (Lipinski definition) is 1. The molecule has 0 bridgehead atoms. The topological polar surface area (TPSA) is 115 Å². The summed E-state index contributed by atoms with van der Waals surface area (Å²) in [7, 11) is 3.11. The maximum atomic E-state index is 13.1. The van der Waals surface area contributed by atoms with Gasteiger partial charge < -0.3 is 29.7 Å². The number of carbonyl (C=O) groups is 3. The Kier molecular flexibility index (Phi) is 7.47. The second kappa shape index (κ2) is 9.27. The first-order chi connectivity index (χ1) is 13.5. The molecule has 166 valence electrons. The molecule has 0 saturated carbocycles. The molecule has 0 aliphatic carbocycles. The van der Waals surface area contributed by atoms with Crippen molar-refractivity contribution in [2.75, 3.05) is 53.6 Å². The lowest BCUT2D eigenvalue weighted by Gasteiger charge is -2.40. The fourth-order valence-corrected chi connectivity index (χ4v) is 3.69. The van der Waals surface area contributed by atoms with Gasteiger partial charge in [0, 0.05) is 46.8 Å². The van der Waals surface area contributed by atoms with Crippen molar-refractivity contribution in [2.24, 2.45) is 5.73 Å². The Bertz CT molecular complexity index is 622. The molecule has 0 aromatic heterocycles. The van der Waals surface area contributed by atoms with E-state index in [1.165, 1.54) is 4.90 Å². The van der Waals surface area contributed by atoms with Crippen LogP contribution in [-0.4, -0.2) is 104 Å². The van der Waals surface area contributed by atoms with Crippen LogP contribution in [0.25, 0.3) is 0 Å². The Balaban J connectivity index is 2.30. The number of carbonyl (C=O) groups excluding carboxylic acids is 3. The van der Waals surface area contributed by atoms with Crippen molar-refractivity contribution in [2.45, 2.75) is 50.9 Å². The van der Waals surface area contributed by atoms with Crippen LogP contribution in [0.15, 0.2) is 0 Å². The van der Waals surface area contributed by atoms with Crippen molar-refractivity contribution in [3.8, 4) is 0 Å². The van der Waals surface area contributed by atoms with Crippen LogP contribution in [0.3, 0.4) is 0 Å². The molecule has 2 atom stereocenters. The zero-order chi connectivity index (χ0) is 21.8. The molecule has 0 unspecified atom stereocenters. The quantitative estimate of drug-likeness (QED) is 0.556. The molecule has 2 saturated heterocycles. The van der Waals surface area contributed by atoms with Crippen molar-refractivity contribution >= 4 is 17.9 Å². The van der Waals surface area contributed by atoms with E-state index in [2.05, 4.69) is 0 Å². The van der Waals surface area contributed by atoms with Crippen molar-refractivity contribution in [1.82, 2.24) is 14.7 Å². The second-order valence-corrected chi connectivity index (χ2v) is 8.43. The number of ether oxygens (including phenoxy) is 3. The summed E-state index contributed by atoms with van der Waals surface area (Å²) in [6, 6.07) is -0.849. The molecule has 2 rings (SSSR count). The SMILES string of the molecule is COCCN1CC[C@H](N(C(=O)OC(C)(C)C)[C@@]2(N)CCN(CCOC)C2=O)C1=O. The van der Waals surface area contributed by atoms with Gasteiger partial charge in [0.2, 0.25) is 5.91 Å². The molecule has 10 heteroatoms. The minimum Gasteiger partial charge on any atom is -0.444 e. The fourth-order valence-electron chi connectivity index (χ4n) is 3.69. The Hall–Kier alpha value is -1.91. The molecule has 2 fully saturated rings. The molecule has 0 radical (unpaired) electrons. The van der Waals surface area contributed by atoms with Gasteiger partial charge in [0.05, 0.1) is 13.2 Å². The molecule has 29 heavy (non-hydrogen) atoms. The summed E-state index contributed by atoms with van der Waals surface area (Å²) in [5.41, 5.74) is 4.09. The summed E-state index contributed by atoms with van der Waals surface area (Å²) in [6.45, 7) is 7.58. The third kappa shape index (κ3) is 5.18. The lowest BCUT2D eigenvalue weighted by molar-refractivity contribution is -0.143. The van der Waals surface area contributed by atoms with Crippen LogP contribution < -0.4 is 5.73 Å². The Morgan fingerprint density at radius 1 is 1.14 bits per heavy atom. The average Bonchev–Trinajstić information content (AvgIpc) is 3.12. The van der Waals surface area contributed by atoms with Crippen LogP contribution in [0.2, 0.25) is 0 Å². The van der Waals surface area contributed by atoms with Crippen molar-refractivity contribution in [3.63, 3.8) is 0 Å².